The second-order valence-corrected chi connectivity index (χ2v) is 4.46. The van der Waals surface area contributed by atoms with E-state index in [1.165, 1.54) is 0 Å². The van der Waals surface area contributed by atoms with E-state index in [4.69, 9.17) is 5.21 Å². The summed E-state index contributed by atoms with van der Waals surface area (Å²) < 4.78 is 0. The maximum Gasteiger partial charge on any atom is 0.0104 e. The molecule has 0 aromatic heterocycles. The standard InChI is InChI=1S/C10H20N2O3/c1-11(13)10(6-2-3-7-10)8-4-5-9-12(14)15/h14H,2-9H2,1H3/q-2. The van der Waals surface area contributed by atoms with Gasteiger partial charge in [0.25, 0.3) is 0 Å². The van der Waals surface area contributed by atoms with Crippen molar-refractivity contribution in [2.75, 3.05) is 13.6 Å². The van der Waals surface area contributed by atoms with Gasteiger partial charge in [-0.25, -0.2) is 0 Å². The fraction of sp³-hybridized carbons (Fsp3) is 1.00. The van der Waals surface area contributed by atoms with Crippen molar-refractivity contribution in [1.82, 2.24) is 10.3 Å². The van der Waals surface area contributed by atoms with Crippen LogP contribution in [0.25, 0.3) is 0 Å². The van der Waals surface area contributed by atoms with Crippen molar-refractivity contribution >= 4 is 0 Å². The third-order valence-electron chi connectivity index (χ3n) is 3.44. The second kappa shape index (κ2) is 5.77. The summed E-state index contributed by atoms with van der Waals surface area (Å²) in [5.74, 6) is 0. The predicted molar refractivity (Wildman–Crippen MR) is 58.0 cm³/mol. The highest BCUT2D eigenvalue weighted by atomic mass is 16.8. The average molecular weight is 216 g/mol. The van der Waals surface area contributed by atoms with Gasteiger partial charge in [-0.05, 0) is 32.7 Å². The lowest BCUT2D eigenvalue weighted by Gasteiger charge is -2.44. The van der Waals surface area contributed by atoms with Crippen LogP contribution in [0.1, 0.15) is 44.9 Å². The van der Waals surface area contributed by atoms with Gasteiger partial charge in [0.05, 0.1) is 0 Å². The molecular weight excluding hydrogens is 196 g/mol. The van der Waals surface area contributed by atoms with Gasteiger partial charge >= 0.3 is 0 Å². The summed E-state index contributed by atoms with van der Waals surface area (Å²) in [4.78, 5) is 0. The van der Waals surface area contributed by atoms with E-state index in [1.54, 1.807) is 7.05 Å². The van der Waals surface area contributed by atoms with Crippen molar-refractivity contribution in [2.45, 2.75) is 50.5 Å². The van der Waals surface area contributed by atoms with Crippen LogP contribution >= 0.6 is 0 Å². The van der Waals surface area contributed by atoms with Gasteiger partial charge in [-0.1, -0.05) is 19.3 Å². The maximum atomic E-state index is 11.5. The smallest absolute Gasteiger partial charge is 0.0104 e. The molecule has 0 bridgehead atoms. The Bertz CT molecular complexity index is 180. The minimum Gasteiger partial charge on any atom is -0.785 e. The van der Waals surface area contributed by atoms with Crippen molar-refractivity contribution in [3.63, 3.8) is 0 Å². The summed E-state index contributed by atoms with van der Waals surface area (Å²) in [6.07, 6.45) is 6.49. The Morgan fingerprint density at radius 1 is 1.20 bits per heavy atom. The van der Waals surface area contributed by atoms with Gasteiger partial charge in [0, 0.05) is 12.1 Å². The first kappa shape index (κ1) is 12.9. The molecule has 0 aromatic carbocycles. The molecule has 1 aliphatic rings. The van der Waals surface area contributed by atoms with E-state index < -0.39 is 0 Å². The third kappa shape index (κ3) is 3.70. The Labute approximate surface area is 90.8 Å². The van der Waals surface area contributed by atoms with E-state index in [-0.39, 0.29) is 17.3 Å². The summed E-state index contributed by atoms with van der Waals surface area (Å²) in [5, 5.41) is 31.2. The van der Waals surface area contributed by atoms with Crippen LogP contribution in [0.3, 0.4) is 0 Å². The molecule has 90 valence electrons. The topological polar surface area (TPSA) is 72.8 Å². The highest BCUT2D eigenvalue weighted by Crippen LogP contribution is 2.38. The largest absolute Gasteiger partial charge is 0.785 e. The van der Waals surface area contributed by atoms with Crippen LogP contribution in [0.4, 0.5) is 0 Å². The van der Waals surface area contributed by atoms with Gasteiger partial charge in [0.15, 0.2) is 0 Å². The molecule has 0 saturated heterocycles. The van der Waals surface area contributed by atoms with E-state index in [9.17, 15) is 10.4 Å². The molecule has 0 radical (unpaired) electrons. The Morgan fingerprint density at radius 3 is 2.27 bits per heavy atom. The first-order valence-corrected chi connectivity index (χ1v) is 5.61. The highest BCUT2D eigenvalue weighted by molar-refractivity contribution is 4.93. The molecular formula is C10H20N2O3-2. The number of hydroxylamine groups is 4. The number of unbranched alkanes of at least 4 members (excludes halogenated alkanes) is 1. The summed E-state index contributed by atoms with van der Waals surface area (Å²) >= 11 is 0. The minimum absolute atomic E-state index is 0.0395. The molecule has 1 fully saturated rings. The number of hydrogen-bond donors (Lipinski definition) is 1. The first-order valence-electron chi connectivity index (χ1n) is 5.61. The van der Waals surface area contributed by atoms with Crippen molar-refractivity contribution in [3.05, 3.63) is 10.4 Å². The number of nitrogens with zero attached hydrogens (tertiary/aromatic N) is 2. The van der Waals surface area contributed by atoms with Crippen LogP contribution in [0.2, 0.25) is 0 Å². The molecule has 0 heterocycles. The third-order valence-corrected chi connectivity index (χ3v) is 3.44. The van der Waals surface area contributed by atoms with Crippen LogP contribution < -0.4 is 0 Å². The lowest BCUT2D eigenvalue weighted by molar-refractivity contribution is -0.0420. The maximum absolute atomic E-state index is 11.5. The molecule has 0 spiro atoms. The molecule has 1 saturated carbocycles. The van der Waals surface area contributed by atoms with Gasteiger partial charge in [-0.15, -0.1) is 0 Å². The van der Waals surface area contributed by atoms with E-state index in [2.05, 4.69) is 0 Å². The number of hydrogen-bond acceptors (Lipinski definition) is 5. The molecule has 0 unspecified atom stereocenters. The minimum atomic E-state index is -0.191. The van der Waals surface area contributed by atoms with Crippen molar-refractivity contribution in [2.24, 2.45) is 0 Å². The highest BCUT2D eigenvalue weighted by Gasteiger charge is 2.32. The zero-order chi connectivity index (χ0) is 11.3. The Morgan fingerprint density at radius 2 is 1.80 bits per heavy atom. The Balaban J connectivity index is 2.27. The van der Waals surface area contributed by atoms with Gasteiger partial charge in [0.2, 0.25) is 0 Å². The van der Waals surface area contributed by atoms with Crippen molar-refractivity contribution in [3.8, 4) is 0 Å². The lowest BCUT2D eigenvalue weighted by Crippen LogP contribution is -2.40. The number of rotatable bonds is 6. The fourth-order valence-corrected chi connectivity index (χ4v) is 2.46. The van der Waals surface area contributed by atoms with Crippen LogP contribution in [0.5, 0.6) is 0 Å². The first-order chi connectivity index (χ1) is 7.07. The Kier molecular flexibility index (Phi) is 4.95. The quantitative estimate of drug-likeness (QED) is 0.543. The van der Waals surface area contributed by atoms with Crippen LogP contribution in [0.15, 0.2) is 0 Å². The average Bonchev–Trinajstić information content (AvgIpc) is 2.62. The molecule has 1 rings (SSSR count). The van der Waals surface area contributed by atoms with Crippen molar-refractivity contribution < 1.29 is 5.21 Å². The monoisotopic (exact) mass is 216 g/mol. The van der Waals surface area contributed by atoms with E-state index >= 15 is 0 Å². The molecule has 5 nitrogen and oxygen atoms in total. The second-order valence-electron chi connectivity index (χ2n) is 4.46. The normalized spacial score (nSPS) is 20.4. The lowest BCUT2D eigenvalue weighted by atomic mass is 9.90. The summed E-state index contributed by atoms with van der Waals surface area (Å²) in [6, 6.07) is 0. The fourth-order valence-electron chi connectivity index (χ4n) is 2.46. The van der Waals surface area contributed by atoms with E-state index in [0.29, 0.717) is 6.42 Å². The van der Waals surface area contributed by atoms with Gasteiger partial charge in [-0.2, -0.15) is 0 Å². The van der Waals surface area contributed by atoms with Gasteiger partial charge in [0.1, 0.15) is 0 Å². The summed E-state index contributed by atoms with van der Waals surface area (Å²) in [6.45, 7) is 0.138. The molecule has 1 aliphatic carbocycles. The van der Waals surface area contributed by atoms with Crippen LogP contribution in [-0.2, 0) is 0 Å². The molecule has 5 heteroatoms. The van der Waals surface area contributed by atoms with Crippen molar-refractivity contribution in [1.29, 1.82) is 0 Å². The van der Waals surface area contributed by atoms with Gasteiger partial charge < -0.3 is 20.7 Å². The molecule has 0 aliphatic heterocycles. The zero-order valence-electron chi connectivity index (χ0n) is 9.31. The molecule has 15 heavy (non-hydrogen) atoms. The summed E-state index contributed by atoms with van der Waals surface area (Å²) in [7, 11) is 1.59. The van der Waals surface area contributed by atoms with Crippen LogP contribution in [-0.4, -0.2) is 34.6 Å². The molecule has 0 aromatic rings. The Hall–Kier alpha value is -0.200. The van der Waals surface area contributed by atoms with E-state index in [1.807, 2.05) is 0 Å². The predicted octanol–water partition coefficient (Wildman–Crippen LogP) is 2.09. The van der Waals surface area contributed by atoms with E-state index in [0.717, 1.165) is 43.6 Å². The molecule has 0 atom stereocenters. The van der Waals surface area contributed by atoms with Gasteiger partial charge in [-0.3, -0.25) is 5.23 Å². The molecule has 0 amide bonds. The molecule has 1 N–H and O–H groups in total. The summed E-state index contributed by atoms with van der Waals surface area (Å²) in [5.41, 5.74) is -0.191. The van der Waals surface area contributed by atoms with Crippen LogP contribution in [0, 0.1) is 10.4 Å². The zero-order valence-corrected chi connectivity index (χ0v) is 9.31. The SMILES string of the molecule is CN([O-])C1(CCCCN([O-])O)CCCC1.